The summed E-state index contributed by atoms with van der Waals surface area (Å²) in [7, 11) is 0. The molecule has 2 heterocycles. The summed E-state index contributed by atoms with van der Waals surface area (Å²) in [5.74, 6) is 1.80. The van der Waals surface area contributed by atoms with Crippen LogP contribution < -0.4 is 0 Å². The van der Waals surface area contributed by atoms with Crippen molar-refractivity contribution in [2.45, 2.75) is 25.3 Å². The van der Waals surface area contributed by atoms with Crippen LogP contribution in [0.4, 0.5) is 0 Å². The number of benzene rings is 1. The van der Waals surface area contributed by atoms with Crippen LogP contribution in [0.25, 0.3) is 11.4 Å². The van der Waals surface area contributed by atoms with Crippen molar-refractivity contribution in [3.05, 3.63) is 34.6 Å². The summed E-state index contributed by atoms with van der Waals surface area (Å²) in [6.45, 7) is 1.05. The van der Waals surface area contributed by atoms with Gasteiger partial charge in [0.25, 0.3) is 0 Å². The van der Waals surface area contributed by atoms with Crippen molar-refractivity contribution in [1.29, 1.82) is 0 Å². The zero-order valence-electron chi connectivity index (χ0n) is 9.88. The molecule has 0 spiro atoms. The van der Waals surface area contributed by atoms with Crippen molar-refractivity contribution < 1.29 is 5.11 Å². The number of aryl methyl sites for hydroxylation is 1. The van der Waals surface area contributed by atoms with E-state index in [9.17, 15) is 5.11 Å². The van der Waals surface area contributed by atoms with Crippen LogP contribution in [-0.2, 0) is 6.54 Å². The first-order valence-electron chi connectivity index (χ1n) is 6.09. The van der Waals surface area contributed by atoms with Gasteiger partial charge in [-0.25, -0.2) is 9.67 Å². The Morgan fingerprint density at radius 2 is 2.11 bits per heavy atom. The molecular weight excluding hydrogens is 294 g/mol. The molecule has 1 aliphatic heterocycles. The second-order valence-corrected chi connectivity index (χ2v) is 5.46. The summed E-state index contributed by atoms with van der Waals surface area (Å²) in [5.41, 5.74) is 1.01. The molecule has 1 aliphatic rings. The fraction of sp³-hybridized carbons (Fsp3) is 0.385. The first kappa shape index (κ1) is 11.9. The highest BCUT2D eigenvalue weighted by atomic mass is 79.9. The number of rotatable bonds is 2. The van der Waals surface area contributed by atoms with Gasteiger partial charge in [0, 0.05) is 22.5 Å². The minimum atomic E-state index is 0.135. The van der Waals surface area contributed by atoms with E-state index in [1.54, 1.807) is 0 Å². The third kappa shape index (κ3) is 2.08. The van der Waals surface area contributed by atoms with Gasteiger partial charge in [-0.2, -0.15) is 5.10 Å². The lowest BCUT2D eigenvalue weighted by atomic mass is 10.0. The van der Waals surface area contributed by atoms with E-state index in [4.69, 9.17) is 0 Å². The zero-order valence-corrected chi connectivity index (χ0v) is 11.5. The molecule has 0 bridgehead atoms. The van der Waals surface area contributed by atoms with E-state index in [1.165, 1.54) is 0 Å². The number of nitrogens with zero attached hydrogens (tertiary/aromatic N) is 3. The quantitative estimate of drug-likeness (QED) is 0.928. The molecule has 0 radical (unpaired) electrons. The maximum Gasteiger partial charge on any atom is 0.181 e. The average molecular weight is 308 g/mol. The van der Waals surface area contributed by atoms with E-state index in [2.05, 4.69) is 26.0 Å². The molecule has 1 atom stereocenters. The largest absolute Gasteiger partial charge is 0.396 e. The highest BCUT2D eigenvalue weighted by molar-refractivity contribution is 9.10. The van der Waals surface area contributed by atoms with E-state index < -0.39 is 0 Å². The first-order chi connectivity index (χ1) is 8.78. The van der Waals surface area contributed by atoms with E-state index in [-0.39, 0.29) is 12.5 Å². The minimum absolute atomic E-state index is 0.135. The number of hydrogen-bond donors (Lipinski definition) is 1. The van der Waals surface area contributed by atoms with Crippen molar-refractivity contribution in [1.82, 2.24) is 14.8 Å². The lowest BCUT2D eigenvalue weighted by Crippen LogP contribution is -2.19. The second-order valence-electron chi connectivity index (χ2n) is 4.55. The predicted molar refractivity (Wildman–Crippen MR) is 72.2 cm³/mol. The smallest absolute Gasteiger partial charge is 0.181 e. The molecule has 5 heteroatoms. The highest BCUT2D eigenvalue weighted by Gasteiger charge is 2.23. The number of aliphatic hydroxyl groups is 1. The third-order valence-electron chi connectivity index (χ3n) is 3.31. The normalized spacial score (nSPS) is 18.7. The molecule has 0 saturated heterocycles. The Kier molecular flexibility index (Phi) is 3.18. The van der Waals surface area contributed by atoms with Crippen molar-refractivity contribution >= 4 is 15.9 Å². The van der Waals surface area contributed by atoms with E-state index in [0.717, 1.165) is 41.1 Å². The highest BCUT2D eigenvalue weighted by Crippen LogP contribution is 2.27. The molecule has 1 aromatic heterocycles. The Morgan fingerprint density at radius 1 is 1.33 bits per heavy atom. The van der Waals surface area contributed by atoms with Crippen LogP contribution in [0.3, 0.4) is 0 Å². The average Bonchev–Trinajstić information content (AvgIpc) is 2.83. The Labute approximate surface area is 114 Å². The summed E-state index contributed by atoms with van der Waals surface area (Å²) in [4.78, 5) is 4.58. The van der Waals surface area contributed by atoms with Crippen LogP contribution in [0.5, 0.6) is 0 Å². The van der Waals surface area contributed by atoms with Gasteiger partial charge in [-0.05, 0) is 25.0 Å². The Morgan fingerprint density at radius 3 is 2.83 bits per heavy atom. The summed E-state index contributed by atoms with van der Waals surface area (Å²) in [6, 6.07) is 7.97. The fourth-order valence-corrected chi connectivity index (χ4v) is 2.60. The van der Waals surface area contributed by atoms with E-state index in [0.29, 0.717) is 0 Å². The number of fused-ring (bicyclic) bond motifs is 1. The topological polar surface area (TPSA) is 50.9 Å². The number of hydrogen-bond acceptors (Lipinski definition) is 3. The standard InChI is InChI=1S/C13H14BrN3O/c14-11-5-3-9(4-6-11)12-15-13-10(8-18)2-1-7-17(13)16-12/h3-6,10,18H,1-2,7-8H2. The number of aromatic nitrogens is 3. The van der Waals surface area contributed by atoms with Gasteiger partial charge >= 0.3 is 0 Å². The summed E-state index contributed by atoms with van der Waals surface area (Å²) >= 11 is 3.42. The molecule has 0 fully saturated rings. The molecule has 2 aromatic rings. The monoisotopic (exact) mass is 307 g/mol. The SMILES string of the molecule is OCC1CCCn2nc(-c3ccc(Br)cc3)nc21. The van der Waals surface area contributed by atoms with Gasteiger partial charge in [0.2, 0.25) is 0 Å². The molecule has 18 heavy (non-hydrogen) atoms. The molecule has 1 N–H and O–H groups in total. The molecule has 4 nitrogen and oxygen atoms in total. The maximum atomic E-state index is 9.37. The minimum Gasteiger partial charge on any atom is -0.396 e. The third-order valence-corrected chi connectivity index (χ3v) is 3.84. The number of halogens is 1. The van der Waals surface area contributed by atoms with E-state index in [1.807, 2.05) is 28.9 Å². The van der Waals surface area contributed by atoms with Crippen molar-refractivity contribution in [3.8, 4) is 11.4 Å². The van der Waals surface area contributed by atoms with Crippen LogP contribution >= 0.6 is 15.9 Å². The molecule has 94 valence electrons. The maximum absolute atomic E-state index is 9.37. The molecule has 3 rings (SSSR count). The van der Waals surface area contributed by atoms with Crippen molar-refractivity contribution in [3.63, 3.8) is 0 Å². The molecular formula is C13H14BrN3O. The molecule has 0 aliphatic carbocycles. The summed E-state index contributed by atoms with van der Waals surface area (Å²) < 4.78 is 2.98. The van der Waals surface area contributed by atoms with Crippen molar-refractivity contribution in [2.75, 3.05) is 6.61 Å². The second kappa shape index (κ2) is 4.82. The van der Waals surface area contributed by atoms with Gasteiger partial charge in [-0.15, -0.1) is 0 Å². The Hall–Kier alpha value is -1.20. The fourth-order valence-electron chi connectivity index (χ4n) is 2.33. The van der Waals surface area contributed by atoms with Gasteiger partial charge in [0.1, 0.15) is 5.82 Å². The zero-order chi connectivity index (χ0) is 12.5. The van der Waals surface area contributed by atoms with Gasteiger partial charge in [0.05, 0.1) is 6.61 Å². The van der Waals surface area contributed by atoms with Crippen molar-refractivity contribution in [2.24, 2.45) is 0 Å². The van der Waals surface area contributed by atoms with Gasteiger partial charge in [-0.3, -0.25) is 0 Å². The lowest BCUT2D eigenvalue weighted by molar-refractivity contribution is 0.234. The Bertz CT molecular complexity index is 550. The Balaban J connectivity index is 1.99. The molecule has 1 unspecified atom stereocenters. The number of aliphatic hydroxyl groups excluding tert-OH is 1. The van der Waals surface area contributed by atoms with Crippen LogP contribution in [0.15, 0.2) is 28.7 Å². The molecule has 0 amide bonds. The van der Waals surface area contributed by atoms with Gasteiger partial charge < -0.3 is 5.11 Å². The molecule has 1 aromatic carbocycles. The van der Waals surface area contributed by atoms with Gasteiger partial charge in [0.15, 0.2) is 5.82 Å². The van der Waals surface area contributed by atoms with Crippen LogP contribution in [0, 0.1) is 0 Å². The predicted octanol–water partition coefficient (Wildman–Crippen LogP) is 2.58. The van der Waals surface area contributed by atoms with Crippen LogP contribution in [-0.4, -0.2) is 26.5 Å². The van der Waals surface area contributed by atoms with Crippen LogP contribution in [0.1, 0.15) is 24.6 Å². The lowest BCUT2D eigenvalue weighted by Gasteiger charge is -2.19. The summed E-state index contributed by atoms with van der Waals surface area (Å²) in [5, 5.41) is 13.9. The van der Waals surface area contributed by atoms with Crippen LogP contribution in [0.2, 0.25) is 0 Å². The van der Waals surface area contributed by atoms with Gasteiger partial charge in [-0.1, -0.05) is 28.1 Å². The summed E-state index contributed by atoms with van der Waals surface area (Å²) in [6.07, 6.45) is 2.05. The van der Waals surface area contributed by atoms with E-state index >= 15 is 0 Å². The first-order valence-corrected chi connectivity index (χ1v) is 6.89. The molecule has 0 saturated carbocycles.